The summed E-state index contributed by atoms with van der Waals surface area (Å²) in [6.07, 6.45) is 1.75. The van der Waals surface area contributed by atoms with Gasteiger partial charge in [-0.15, -0.1) is 0 Å². The average Bonchev–Trinajstić information content (AvgIpc) is 2.81. The topological polar surface area (TPSA) is 44.1 Å². The number of amides is 1. The number of nitriles is 1. The van der Waals surface area contributed by atoms with Crippen LogP contribution in [0.3, 0.4) is 0 Å². The van der Waals surface area contributed by atoms with Crippen LogP contribution in [0.25, 0.3) is 10.8 Å². The van der Waals surface area contributed by atoms with Crippen molar-refractivity contribution in [2.75, 3.05) is 6.54 Å². The SMILES string of the molecule is C/C=C(/C#N)CN1Cc2c(ccc3ccc(Br)cc23)C1=O. The van der Waals surface area contributed by atoms with Crippen LogP contribution in [0.4, 0.5) is 0 Å². The molecule has 0 aliphatic carbocycles. The van der Waals surface area contributed by atoms with E-state index in [4.69, 9.17) is 5.26 Å². The minimum absolute atomic E-state index is 0.00137. The van der Waals surface area contributed by atoms with Gasteiger partial charge in [-0.25, -0.2) is 0 Å². The Hall–Kier alpha value is -2.12. The van der Waals surface area contributed by atoms with Gasteiger partial charge in [0.15, 0.2) is 0 Å². The molecular weight excluding hydrogens is 328 g/mol. The third-order valence-corrected chi connectivity index (χ3v) is 4.31. The summed E-state index contributed by atoms with van der Waals surface area (Å²) < 4.78 is 1.00. The summed E-state index contributed by atoms with van der Waals surface area (Å²) >= 11 is 3.48. The standard InChI is InChI=1S/C17H13BrN2O/c1-2-11(8-19)9-20-10-16-14(17(20)21)6-4-12-3-5-13(18)7-15(12)16/h2-7H,9-10H2,1H3/b11-2-. The maximum Gasteiger partial charge on any atom is 0.254 e. The molecule has 0 atom stereocenters. The van der Waals surface area contributed by atoms with E-state index in [9.17, 15) is 4.79 Å². The maximum absolute atomic E-state index is 12.5. The van der Waals surface area contributed by atoms with Gasteiger partial charge in [0, 0.05) is 22.2 Å². The lowest BCUT2D eigenvalue weighted by atomic mass is 10.0. The smallest absolute Gasteiger partial charge is 0.254 e. The van der Waals surface area contributed by atoms with Gasteiger partial charge in [0.2, 0.25) is 0 Å². The van der Waals surface area contributed by atoms with Crippen molar-refractivity contribution in [3.05, 3.63) is 57.6 Å². The second-order valence-corrected chi connectivity index (χ2v) is 5.96. The molecule has 0 saturated carbocycles. The Morgan fingerprint density at radius 1 is 1.43 bits per heavy atom. The molecule has 2 aromatic rings. The molecule has 3 nitrogen and oxygen atoms in total. The van der Waals surface area contributed by atoms with Gasteiger partial charge in [-0.2, -0.15) is 5.26 Å². The van der Waals surface area contributed by atoms with E-state index in [1.807, 2.05) is 37.3 Å². The lowest BCUT2D eigenvalue weighted by Gasteiger charge is -2.14. The van der Waals surface area contributed by atoms with Gasteiger partial charge in [0.05, 0.1) is 12.6 Å². The van der Waals surface area contributed by atoms with Crippen LogP contribution in [0.15, 0.2) is 46.5 Å². The molecule has 0 bridgehead atoms. The highest BCUT2D eigenvalue weighted by atomic mass is 79.9. The monoisotopic (exact) mass is 340 g/mol. The molecule has 3 rings (SSSR count). The van der Waals surface area contributed by atoms with E-state index in [2.05, 4.69) is 22.0 Å². The number of allylic oxidation sites excluding steroid dienone is 1. The zero-order valence-electron chi connectivity index (χ0n) is 11.6. The second-order valence-electron chi connectivity index (χ2n) is 5.04. The Morgan fingerprint density at radius 3 is 2.90 bits per heavy atom. The number of nitrogens with zero attached hydrogens (tertiary/aromatic N) is 2. The molecule has 0 unspecified atom stereocenters. The molecule has 21 heavy (non-hydrogen) atoms. The number of benzene rings is 2. The van der Waals surface area contributed by atoms with E-state index in [-0.39, 0.29) is 5.91 Å². The lowest BCUT2D eigenvalue weighted by Crippen LogP contribution is -2.25. The summed E-state index contributed by atoms with van der Waals surface area (Å²) in [7, 11) is 0. The molecule has 104 valence electrons. The van der Waals surface area contributed by atoms with Gasteiger partial charge in [-0.1, -0.05) is 34.1 Å². The third-order valence-electron chi connectivity index (χ3n) is 3.82. The molecule has 1 aliphatic heterocycles. The van der Waals surface area contributed by atoms with E-state index < -0.39 is 0 Å². The first-order valence-corrected chi connectivity index (χ1v) is 7.49. The van der Waals surface area contributed by atoms with Crippen LogP contribution in [0.1, 0.15) is 22.8 Å². The van der Waals surface area contributed by atoms with Gasteiger partial charge in [0.25, 0.3) is 5.91 Å². The first kappa shape index (κ1) is 13.8. The first-order chi connectivity index (χ1) is 10.1. The molecule has 0 spiro atoms. The number of rotatable bonds is 2. The zero-order chi connectivity index (χ0) is 15.0. The summed E-state index contributed by atoms with van der Waals surface area (Å²) in [5.74, 6) is 0.00137. The number of halogens is 1. The highest BCUT2D eigenvalue weighted by Crippen LogP contribution is 2.32. The minimum Gasteiger partial charge on any atom is -0.329 e. The average molecular weight is 341 g/mol. The van der Waals surface area contributed by atoms with Crippen molar-refractivity contribution in [3.63, 3.8) is 0 Å². The molecule has 1 heterocycles. The van der Waals surface area contributed by atoms with Crippen molar-refractivity contribution >= 4 is 32.6 Å². The number of carbonyl (C=O) groups excluding carboxylic acids is 1. The molecular formula is C17H13BrN2O. The molecule has 0 N–H and O–H groups in total. The Balaban J connectivity index is 2.05. The van der Waals surface area contributed by atoms with Crippen LogP contribution in [0.2, 0.25) is 0 Å². The van der Waals surface area contributed by atoms with E-state index in [0.717, 1.165) is 26.4 Å². The molecule has 0 fully saturated rings. The second kappa shape index (κ2) is 5.34. The summed E-state index contributed by atoms with van der Waals surface area (Å²) in [4.78, 5) is 14.2. The van der Waals surface area contributed by atoms with Crippen LogP contribution >= 0.6 is 15.9 Å². The van der Waals surface area contributed by atoms with Gasteiger partial charge in [-0.3, -0.25) is 4.79 Å². The Morgan fingerprint density at radius 2 is 2.19 bits per heavy atom. The molecule has 1 amide bonds. The van der Waals surface area contributed by atoms with Gasteiger partial charge in [-0.05, 0) is 41.5 Å². The van der Waals surface area contributed by atoms with E-state index in [1.165, 1.54) is 0 Å². The number of fused-ring (bicyclic) bond motifs is 3. The Kier molecular flexibility index (Phi) is 3.52. The van der Waals surface area contributed by atoms with Crippen molar-refractivity contribution in [3.8, 4) is 6.07 Å². The summed E-state index contributed by atoms with van der Waals surface area (Å²) in [6, 6.07) is 12.1. The van der Waals surface area contributed by atoms with Crippen LogP contribution in [-0.4, -0.2) is 17.4 Å². The largest absolute Gasteiger partial charge is 0.329 e. The van der Waals surface area contributed by atoms with Crippen LogP contribution < -0.4 is 0 Å². The third kappa shape index (κ3) is 2.34. The van der Waals surface area contributed by atoms with Gasteiger partial charge >= 0.3 is 0 Å². The van der Waals surface area contributed by atoms with Crippen molar-refractivity contribution in [2.45, 2.75) is 13.5 Å². The maximum atomic E-state index is 12.5. The van der Waals surface area contributed by atoms with Gasteiger partial charge in [0.1, 0.15) is 0 Å². The number of hydrogen-bond acceptors (Lipinski definition) is 2. The lowest BCUT2D eigenvalue weighted by molar-refractivity contribution is 0.0794. The van der Waals surface area contributed by atoms with Crippen molar-refractivity contribution in [2.24, 2.45) is 0 Å². The molecule has 4 heteroatoms. The van der Waals surface area contributed by atoms with E-state index in [1.54, 1.807) is 11.0 Å². The van der Waals surface area contributed by atoms with E-state index in [0.29, 0.717) is 18.7 Å². The van der Waals surface area contributed by atoms with E-state index >= 15 is 0 Å². The predicted molar refractivity (Wildman–Crippen MR) is 85.8 cm³/mol. The predicted octanol–water partition coefficient (Wildman–Crippen LogP) is 4.03. The van der Waals surface area contributed by atoms with Crippen molar-refractivity contribution in [1.82, 2.24) is 4.90 Å². The Bertz CT molecular complexity index is 817. The van der Waals surface area contributed by atoms with Crippen molar-refractivity contribution in [1.29, 1.82) is 5.26 Å². The van der Waals surface area contributed by atoms with Crippen LogP contribution in [0.5, 0.6) is 0 Å². The molecule has 0 radical (unpaired) electrons. The number of hydrogen-bond donors (Lipinski definition) is 0. The summed E-state index contributed by atoms with van der Waals surface area (Å²) in [6.45, 7) is 2.75. The Labute approximate surface area is 131 Å². The molecule has 0 aromatic heterocycles. The quantitative estimate of drug-likeness (QED) is 0.774. The molecule has 2 aromatic carbocycles. The zero-order valence-corrected chi connectivity index (χ0v) is 13.1. The summed E-state index contributed by atoms with van der Waals surface area (Å²) in [5.41, 5.74) is 2.41. The highest BCUT2D eigenvalue weighted by Gasteiger charge is 2.29. The molecule has 0 saturated heterocycles. The van der Waals surface area contributed by atoms with Crippen LogP contribution in [-0.2, 0) is 6.54 Å². The fourth-order valence-corrected chi connectivity index (χ4v) is 3.04. The van der Waals surface area contributed by atoms with Crippen LogP contribution in [0, 0.1) is 11.3 Å². The first-order valence-electron chi connectivity index (χ1n) is 6.69. The minimum atomic E-state index is 0.00137. The fraction of sp³-hybridized carbons (Fsp3) is 0.176. The fourth-order valence-electron chi connectivity index (χ4n) is 2.68. The molecule has 1 aliphatic rings. The van der Waals surface area contributed by atoms with Crippen molar-refractivity contribution < 1.29 is 4.79 Å². The van der Waals surface area contributed by atoms with Gasteiger partial charge < -0.3 is 4.90 Å². The highest BCUT2D eigenvalue weighted by molar-refractivity contribution is 9.10. The normalized spacial score (nSPS) is 14.4. The number of carbonyl (C=O) groups is 1. The summed E-state index contributed by atoms with van der Waals surface area (Å²) in [5, 5.41) is 11.3.